The van der Waals surface area contributed by atoms with Crippen molar-refractivity contribution in [2.75, 3.05) is 0 Å². The van der Waals surface area contributed by atoms with Gasteiger partial charge in [0.15, 0.2) is 0 Å². The molecule has 1 aliphatic carbocycles. The number of nitrogens with one attached hydrogen (secondary N) is 1. The van der Waals surface area contributed by atoms with Crippen LogP contribution in [-0.4, -0.2) is 16.8 Å². The first-order valence-electron chi connectivity index (χ1n) is 7.87. The van der Waals surface area contributed by atoms with Gasteiger partial charge >= 0.3 is 0 Å². The summed E-state index contributed by atoms with van der Waals surface area (Å²) >= 11 is 3.48. The third kappa shape index (κ3) is 3.64. The van der Waals surface area contributed by atoms with E-state index in [2.05, 4.69) is 26.2 Å². The van der Waals surface area contributed by atoms with Gasteiger partial charge in [0, 0.05) is 46.9 Å². The van der Waals surface area contributed by atoms with Gasteiger partial charge in [-0.05, 0) is 39.9 Å². The van der Waals surface area contributed by atoms with Crippen LogP contribution in [0.5, 0.6) is 0 Å². The van der Waals surface area contributed by atoms with Gasteiger partial charge in [0.1, 0.15) is 5.94 Å². The van der Waals surface area contributed by atoms with E-state index in [1.165, 1.54) is 0 Å². The molecule has 24 heavy (non-hydrogen) atoms. The standard InChI is InChI=1S/C19H17BrN2O2/c20-18-11-21-10-16-15(18)7-6-14(17(16)12-23)8-19(24)22-9-13-4-2-1-3-5-13/h1-5,10-11,14H,6-9H2,(H,22,24). The number of allylic oxidation sites excluding steroid dienone is 1. The summed E-state index contributed by atoms with van der Waals surface area (Å²) in [5.41, 5.74) is 3.50. The van der Waals surface area contributed by atoms with Gasteiger partial charge in [0.05, 0.1) is 0 Å². The summed E-state index contributed by atoms with van der Waals surface area (Å²) < 4.78 is 0.903. The third-order valence-electron chi connectivity index (χ3n) is 4.32. The molecule has 1 amide bonds. The number of carbonyl (C=O) groups is 1. The number of pyridine rings is 1. The van der Waals surface area contributed by atoms with Gasteiger partial charge < -0.3 is 5.32 Å². The molecule has 0 aliphatic heterocycles. The number of hydrogen-bond donors (Lipinski definition) is 1. The van der Waals surface area contributed by atoms with Gasteiger partial charge in [-0.3, -0.25) is 9.78 Å². The molecule has 0 saturated carbocycles. The lowest BCUT2D eigenvalue weighted by atomic mass is 9.79. The van der Waals surface area contributed by atoms with Crippen molar-refractivity contribution in [1.82, 2.24) is 10.3 Å². The highest BCUT2D eigenvalue weighted by molar-refractivity contribution is 9.10. The largest absolute Gasteiger partial charge is 0.352 e. The number of halogens is 1. The van der Waals surface area contributed by atoms with E-state index in [-0.39, 0.29) is 11.8 Å². The molecule has 0 radical (unpaired) electrons. The van der Waals surface area contributed by atoms with Crippen molar-refractivity contribution in [3.8, 4) is 0 Å². The van der Waals surface area contributed by atoms with E-state index in [9.17, 15) is 9.59 Å². The summed E-state index contributed by atoms with van der Waals surface area (Å²) in [6, 6.07) is 9.77. The molecule has 1 aliphatic rings. The third-order valence-corrected chi connectivity index (χ3v) is 5.00. The van der Waals surface area contributed by atoms with E-state index < -0.39 is 0 Å². The van der Waals surface area contributed by atoms with E-state index in [0.29, 0.717) is 18.5 Å². The zero-order valence-corrected chi connectivity index (χ0v) is 14.7. The summed E-state index contributed by atoms with van der Waals surface area (Å²) in [6.45, 7) is 0.496. The van der Waals surface area contributed by atoms with Crippen LogP contribution in [0.15, 0.2) is 47.2 Å². The fraction of sp³-hybridized carbons (Fsp3) is 0.263. The van der Waals surface area contributed by atoms with Crippen molar-refractivity contribution in [3.05, 3.63) is 63.9 Å². The fourth-order valence-corrected chi connectivity index (χ4v) is 3.60. The molecule has 1 heterocycles. The molecule has 1 atom stereocenters. The lowest BCUT2D eigenvalue weighted by molar-refractivity contribution is -0.121. The van der Waals surface area contributed by atoms with Crippen LogP contribution in [0.3, 0.4) is 0 Å². The van der Waals surface area contributed by atoms with Gasteiger partial charge in [-0.1, -0.05) is 30.3 Å². The molecule has 122 valence electrons. The van der Waals surface area contributed by atoms with E-state index in [1.54, 1.807) is 12.4 Å². The predicted molar refractivity (Wildman–Crippen MR) is 95.8 cm³/mol. The highest BCUT2D eigenvalue weighted by Gasteiger charge is 2.28. The van der Waals surface area contributed by atoms with E-state index in [1.807, 2.05) is 36.3 Å². The first-order valence-corrected chi connectivity index (χ1v) is 8.66. The Hall–Kier alpha value is -2.23. The van der Waals surface area contributed by atoms with Crippen LogP contribution in [-0.2, 0) is 22.6 Å². The Balaban J connectivity index is 1.67. The fourth-order valence-electron chi connectivity index (χ4n) is 3.07. The molecular formula is C19H17BrN2O2. The van der Waals surface area contributed by atoms with Crippen LogP contribution in [0.1, 0.15) is 29.5 Å². The van der Waals surface area contributed by atoms with Crippen LogP contribution >= 0.6 is 15.9 Å². The SMILES string of the molecule is O=C=C1c2cncc(Br)c2CCC1CC(=O)NCc1ccccc1. The molecule has 0 bridgehead atoms. The van der Waals surface area contributed by atoms with Gasteiger partial charge in [-0.25, -0.2) is 4.79 Å². The molecule has 1 aromatic heterocycles. The minimum absolute atomic E-state index is 0.0528. The molecule has 0 spiro atoms. The van der Waals surface area contributed by atoms with Crippen LogP contribution < -0.4 is 5.32 Å². The van der Waals surface area contributed by atoms with Gasteiger partial charge in [-0.15, -0.1) is 0 Å². The summed E-state index contributed by atoms with van der Waals surface area (Å²) in [7, 11) is 0. The minimum Gasteiger partial charge on any atom is -0.352 e. The molecule has 1 N–H and O–H groups in total. The number of nitrogens with zero attached hydrogens (tertiary/aromatic N) is 1. The Kier molecular flexibility index (Phi) is 5.24. The number of rotatable bonds is 4. The molecular weight excluding hydrogens is 368 g/mol. The monoisotopic (exact) mass is 384 g/mol. The Labute approximate surface area is 149 Å². The maximum atomic E-state index is 12.2. The predicted octanol–water partition coefficient (Wildman–Crippen LogP) is 3.33. The Bertz CT molecular complexity index is 798. The van der Waals surface area contributed by atoms with Crippen molar-refractivity contribution in [2.45, 2.75) is 25.8 Å². The molecule has 4 nitrogen and oxygen atoms in total. The normalized spacial score (nSPS) is 16.2. The van der Waals surface area contributed by atoms with Crippen LogP contribution in [0.2, 0.25) is 0 Å². The highest BCUT2D eigenvalue weighted by Crippen LogP contribution is 2.38. The van der Waals surface area contributed by atoms with Crippen LogP contribution in [0.4, 0.5) is 0 Å². The zero-order chi connectivity index (χ0) is 16.9. The molecule has 2 aromatic rings. The highest BCUT2D eigenvalue weighted by atomic mass is 79.9. The van der Waals surface area contributed by atoms with Gasteiger partial charge in [0.25, 0.3) is 0 Å². The summed E-state index contributed by atoms with van der Waals surface area (Å²) in [6.07, 6.45) is 5.30. The van der Waals surface area contributed by atoms with Crippen LogP contribution in [0, 0.1) is 5.92 Å². The quantitative estimate of drug-likeness (QED) is 0.822. The van der Waals surface area contributed by atoms with Gasteiger partial charge in [-0.2, -0.15) is 0 Å². The second kappa shape index (κ2) is 7.56. The van der Waals surface area contributed by atoms with Crippen molar-refractivity contribution in [1.29, 1.82) is 0 Å². The molecule has 0 saturated heterocycles. The van der Waals surface area contributed by atoms with E-state index in [0.717, 1.165) is 34.0 Å². The smallest absolute Gasteiger partial charge is 0.220 e. The van der Waals surface area contributed by atoms with Crippen molar-refractivity contribution < 1.29 is 9.59 Å². The van der Waals surface area contributed by atoms with Gasteiger partial charge in [0.2, 0.25) is 5.91 Å². The summed E-state index contributed by atoms with van der Waals surface area (Å²) in [5.74, 6) is 1.88. The Morgan fingerprint density at radius 3 is 2.83 bits per heavy atom. The lowest BCUT2D eigenvalue weighted by Gasteiger charge is -2.25. The topological polar surface area (TPSA) is 59.1 Å². The van der Waals surface area contributed by atoms with Crippen molar-refractivity contribution >= 4 is 33.4 Å². The maximum Gasteiger partial charge on any atom is 0.220 e. The molecule has 5 heteroatoms. The number of carbonyl (C=O) groups excluding carboxylic acids is 2. The summed E-state index contributed by atoms with van der Waals surface area (Å²) in [4.78, 5) is 27.9. The van der Waals surface area contributed by atoms with E-state index >= 15 is 0 Å². The molecule has 3 rings (SSSR count). The summed E-state index contributed by atoms with van der Waals surface area (Å²) in [5, 5.41) is 2.92. The van der Waals surface area contributed by atoms with Crippen molar-refractivity contribution in [2.24, 2.45) is 5.92 Å². The number of aromatic nitrogens is 1. The van der Waals surface area contributed by atoms with Crippen molar-refractivity contribution in [3.63, 3.8) is 0 Å². The second-order valence-electron chi connectivity index (χ2n) is 5.87. The first-order chi connectivity index (χ1) is 11.7. The molecule has 1 unspecified atom stereocenters. The number of hydrogen-bond acceptors (Lipinski definition) is 3. The zero-order valence-electron chi connectivity index (χ0n) is 13.1. The molecule has 1 aromatic carbocycles. The minimum atomic E-state index is -0.109. The second-order valence-corrected chi connectivity index (χ2v) is 6.72. The number of benzene rings is 1. The van der Waals surface area contributed by atoms with Crippen LogP contribution in [0.25, 0.3) is 5.57 Å². The Morgan fingerprint density at radius 1 is 1.29 bits per heavy atom. The number of fused-ring (bicyclic) bond motifs is 1. The maximum absolute atomic E-state index is 12.2. The lowest BCUT2D eigenvalue weighted by Crippen LogP contribution is -2.27. The average molecular weight is 385 g/mol. The Morgan fingerprint density at radius 2 is 2.08 bits per heavy atom. The van der Waals surface area contributed by atoms with E-state index in [4.69, 9.17) is 0 Å². The number of amides is 1. The first kappa shape index (κ1) is 16.6. The molecule has 0 fully saturated rings. The average Bonchev–Trinajstić information content (AvgIpc) is 2.61.